The van der Waals surface area contributed by atoms with Crippen molar-refractivity contribution < 1.29 is 0 Å². The second-order valence-corrected chi connectivity index (χ2v) is 6.08. The van der Waals surface area contributed by atoms with E-state index in [9.17, 15) is 4.79 Å². The van der Waals surface area contributed by atoms with Gasteiger partial charge in [0.25, 0.3) is 5.56 Å². The largest absolute Gasteiger partial charge is 0.287 e. The van der Waals surface area contributed by atoms with Crippen LogP contribution in [0.4, 0.5) is 0 Å². The van der Waals surface area contributed by atoms with Crippen LogP contribution in [-0.4, -0.2) is 15.8 Å². The lowest BCUT2D eigenvalue weighted by atomic mass is 10.3. The van der Waals surface area contributed by atoms with Gasteiger partial charge in [-0.2, -0.15) is 0 Å². The normalized spacial score (nSPS) is 11.3. The summed E-state index contributed by atoms with van der Waals surface area (Å²) in [6, 6.07) is 2.00. The second kappa shape index (κ2) is 5.89. The predicted molar refractivity (Wildman–Crippen MR) is 79.9 cm³/mol. The van der Waals surface area contributed by atoms with Gasteiger partial charge in [-0.15, -0.1) is 11.3 Å². The SMILES string of the molecule is CCCCn1c(SC)nc2sc(CC)cc2c1=O. The van der Waals surface area contributed by atoms with Gasteiger partial charge in [-0.3, -0.25) is 9.36 Å². The minimum Gasteiger partial charge on any atom is -0.287 e. The fourth-order valence-electron chi connectivity index (χ4n) is 1.89. The van der Waals surface area contributed by atoms with E-state index in [1.807, 2.05) is 16.9 Å². The molecule has 0 aliphatic heterocycles. The van der Waals surface area contributed by atoms with Gasteiger partial charge in [0.15, 0.2) is 5.16 Å². The minimum atomic E-state index is 0.119. The standard InChI is InChI=1S/C13H18N2OS2/c1-4-6-7-15-12(16)10-8-9(5-2)18-11(10)14-13(15)17-3/h8H,4-7H2,1-3H3. The lowest BCUT2D eigenvalue weighted by molar-refractivity contribution is 0.559. The molecule has 0 radical (unpaired) electrons. The van der Waals surface area contributed by atoms with Gasteiger partial charge in [0, 0.05) is 11.4 Å². The summed E-state index contributed by atoms with van der Waals surface area (Å²) >= 11 is 3.19. The van der Waals surface area contributed by atoms with Crippen LogP contribution in [0.2, 0.25) is 0 Å². The second-order valence-electron chi connectivity index (χ2n) is 4.19. The Bertz CT molecular complexity index is 601. The molecule has 3 nitrogen and oxygen atoms in total. The summed E-state index contributed by atoms with van der Waals surface area (Å²) in [6.45, 7) is 5.01. The summed E-state index contributed by atoms with van der Waals surface area (Å²) in [5.41, 5.74) is 0.119. The summed E-state index contributed by atoms with van der Waals surface area (Å²) < 4.78 is 1.82. The molecule has 0 fully saturated rings. The highest BCUT2D eigenvalue weighted by Crippen LogP contribution is 2.24. The van der Waals surface area contributed by atoms with Crippen molar-refractivity contribution in [1.82, 2.24) is 9.55 Å². The Hall–Kier alpha value is -0.810. The van der Waals surface area contributed by atoms with E-state index in [-0.39, 0.29) is 5.56 Å². The van der Waals surface area contributed by atoms with Gasteiger partial charge in [0.2, 0.25) is 0 Å². The van der Waals surface area contributed by atoms with E-state index in [0.29, 0.717) is 0 Å². The van der Waals surface area contributed by atoms with Gasteiger partial charge in [0.05, 0.1) is 5.39 Å². The van der Waals surface area contributed by atoms with Crippen LogP contribution >= 0.6 is 23.1 Å². The molecular formula is C13H18N2OS2. The summed E-state index contributed by atoms with van der Waals surface area (Å²) in [6.07, 6.45) is 5.04. The van der Waals surface area contributed by atoms with E-state index in [0.717, 1.165) is 41.2 Å². The molecule has 2 aromatic rings. The van der Waals surface area contributed by atoms with Crippen LogP contribution in [0.3, 0.4) is 0 Å². The summed E-state index contributed by atoms with van der Waals surface area (Å²) in [5.74, 6) is 0. The Morgan fingerprint density at radius 3 is 2.83 bits per heavy atom. The zero-order valence-electron chi connectivity index (χ0n) is 11.0. The molecule has 2 aromatic heterocycles. The Labute approximate surface area is 115 Å². The van der Waals surface area contributed by atoms with Crippen LogP contribution in [0.15, 0.2) is 16.0 Å². The van der Waals surface area contributed by atoms with Crippen LogP contribution < -0.4 is 5.56 Å². The molecule has 0 aliphatic rings. The number of rotatable bonds is 5. The van der Waals surface area contributed by atoms with E-state index in [4.69, 9.17) is 0 Å². The first-order valence-corrected chi connectivity index (χ1v) is 8.32. The summed E-state index contributed by atoms with van der Waals surface area (Å²) in [5, 5.41) is 1.62. The quantitative estimate of drug-likeness (QED) is 0.621. The van der Waals surface area contributed by atoms with Gasteiger partial charge < -0.3 is 0 Å². The Balaban J connectivity index is 2.60. The van der Waals surface area contributed by atoms with Crippen molar-refractivity contribution in [1.29, 1.82) is 0 Å². The van der Waals surface area contributed by atoms with E-state index in [1.54, 1.807) is 23.1 Å². The van der Waals surface area contributed by atoms with Crippen molar-refractivity contribution in [2.45, 2.75) is 44.8 Å². The van der Waals surface area contributed by atoms with E-state index in [2.05, 4.69) is 18.8 Å². The number of unbranched alkanes of at least 4 members (excludes halogenated alkanes) is 1. The molecule has 0 bridgehead atoms. The fraction of sp³-hybridized carbons (Fsp3) is 0.538. The lowest BCUT2D eigenvalue weighted by Crippen LogP contribution is -2.22. The van der Waals surface area contributed by atoms with E-state index in [1.165, 1.54) is 4.88 Å². The van der Waals surface area contributed by atoms with Crippen molar-refractivity contribution in [3.63, 3.8) is 0 Å². The Morgan fingerprint density at radius 1 is 1.44 bits per heavy atom. The first-order chi connectivity index (χ1) is 8.71. The summed E-state index contributed by atoms with van der Waals surface area (Å²) in [4.78, 5) is 19.2. The third-order valence-corrected chi connectivity index (χ3v) is 4.78. The highest BCUT2D eigenvalue weighted by atomic mass is 32.2. The molecule has 0 spiro atoms. The first-order valence-electron chi connectivity index (χ1n) is 6.28. The van der Waals surface area contributed by atoms with Gasteiger partial charge in [0.1, 0.15) is 4.83 Å². The van der Waals surface area contributed by atoms with Crippen LogP contribution in [-0.2, 0) is 13.0 Å². The number of hydrogen-bond acceptors (Lipinski definition) is 4. The van der Waals surface area contributed by atoms with Crippen molar-refractivity contribution in [3.05, 3.63) is 21.3 Å². The van der Waals surface area contributed by atoms with Gasteiger partial charge in [-0.25, -0.2) is 4.98 Å². The molecule has 2 heterocycles. The van der Waals surface area contributed by atoms with Crippen molar-refractivity contribution in [2.75, 3.05) is 6.26 Å². The lowest BCUT2D eigenvalue weighted by Gasteiger charge is -2.09. The van der Waals surface area contributed by atoms with E-state index >= 15 is 0 Å². The fourth-order valence-corrected chi connectivity index (χ4v) is 3.48. The first kappa shape index (κ1) is 13.6. The minimum absolute atomic E-state index is 0.119. The van der Waals surface area contributed by atoms with Crippen molar-refractivity contribution in [3.8, 4) is 0 Å². The highest BCUT2D eigenvalue weighted by molar-refractivity contribution is 7.98. The number of hydrogen-bond donors (Lipinski definition) is 0. The summed E-state index contributed by atoms with van der Waals surface area (Å²) in [7, 11) is 0. The average Bonchev–Trinajstić information content (AvgIpc) is 2.80. The molecule has 0 unspecified atom stereocenters. The number of aromatic nitrogens is 2. The van der Waals surface area contributed by atoms with Crippen molar-refractivity contribution >= 4 is 33.3 Å². The topological polar surface area (TPSA) is 34.9 Å². The van der Waals surface area contributed by atoms with Crippen LogP contribution in [0, 0.1) is 0 Å². The monoisotopic (exact) mass is 282 g/mol. The number of aryl methyl sites for hydroxylation is 1. The van der Waals surface area contributed by atoms with Gasteiger partial charge in [-0.1, -0.05) is 32.0 Å². The molecule has 0 aliphatic carbocycles. The zero-order chi connectivity index (χ0) is 13.1. The smallest absolute Gasteiger partial charge is 0.262 e. The maximum absolute atomic E-state index is 12.5. The predicted octanol–water partition coefficient (Wildman–Crippen LogP) is 3.54. The van der Waals surface area contributed by atoms with E-state index < -0.39 is 0 Å². The number of thioether (sulfide) groups is 1. The third kappa shape index (κ3) is 2.47. The number of fused-ring (bicyclic) bond motifs is 1. The number of nitrogens with zero attached hydrogens (tertiary/aromatic N) is 2. The Kier molecular flexibility index (Phi) is 4.45. The molecule has 5 heteroatoms. The molecule has 0 N–H and O–H groups in total. The van der Waals surface area contributed by atoms with Crippen LogP contribution in [0.1, 0.15) is 31.6 Å². The zero-order valence-corrected chi connectivity index (χ0v) is 12.7. The van der Waals surface area contributed by atoms with Crippen molar-refractivity contribution in [2.24, 2.45) is 0 Å². The molecule has 98 valence electrons. The highest BCUT2D eigenvalue weighted by Gasteiger charge is 2.12. The third-order valence-electron chi connectivity index (χ3n) is 2.93. The molecule has 0 atom stereocenters. The number of thiophene rings is 1. The molecule has 18 heavy (non-hydrogen) atoms. The molecule has 2 rings (SSSR count). The maximum Gasteiger partial charge on any atom is 0.262 e. The molecule has 0 amide bonds. The molecule has 0 saturated heterocycles. The van der Waals surface area contributed by atoms with Crippen LogP contribution in [0.5, 0.6) is 0 Å². The molecular weight excluding hydrogens is 264 g/mol. The maximum atomic E-state index is 12.5. The molecule has 0 saturated carbocycles. The van der Waals surface area contributed by atoms with Crippen LogP contribution in [0.25, 0.3) is 10.2 Å². The molecule has 0 aromatic carbocycles. The van der Waals surface area contributed by atoms with Gasteiger partial charge in [-0.05, 0) is 25.2 Å². The Morgan fingerprint density at radius 2 is 2.22 bits per heavy atom. The van der Waals surface area contributed by atoms with Gasteiger partial charge >= 0.3 is 0 Å². The average molecular weight is 282 g/mol.